The number of hydrogen-bond acceptors (Lipinski definition) is 5. The predicted octanol–water partition coefficient (Wildman–Crippen LogP) is 4.93. The van der Waals surface area contributed by atoms with E-state index in [1.165, 1.54) is 89.9 Å². The lowest BCUT2D eigenvalue weighted by Gasteiger charge is -2.48. The summed E-state index contributed by atoms with van der Waals surface area (Å²) in [5, 5.41) is 13.1. The van der Waals surface area contributed by atoms with Crippen LogP contribution >= 0.6 is 0 Å². The van der Waals surface area contributed by atoms with E-state index >= 15 is 0 Å². The maximum Gasteiger partial charge on any atom is 0.246 e. The topological polar surface area (TPSA) is 94.0 Å². The van der Waals surface area contributed by atoms with Gasteiger partial charge in [-0.25, -0.2) is 10.9 Å². The molecule has 0 aromatic heterocycles. The second kappa shape index (κ2) is 13.0. The van der Waals surface area contributed by atoms with Crippen molar-refractivity contribution in [2.45, 2.75) is 134 Å². The van der Waals surface area contributed by atoms with Gasteiger partial charge in [-0.1, -0.05) is 38.5 Å². The summed E-state index contributed by atoms with van der Waals surface area (Å²) in [6.45, 7) is 0. The predicted molar refractivity (Wildman–Crippen MR) is 133 cm³/mol. The number of nitrogens with zero attached hydrogens (tertiary/aromatic N) is 2. The molecule has 4 aliphatic carbocycles. The van der Waals surface area contributed by atoms with Crippen molar-refractivity contribution in [1.29, 1.82) is 0 Å². The molecule has 0 radical (unpaired) electrons. The molecule has 0 saturated heterocycles. The molecule has 0 aromatic rings. The molecule has 34 heavy (non-hydrogen) atoms. The van der Waals surface area contributed by atoms with Gasteiger partial charge in [0.2, 0.25) is 11.8 Å². The number of amides is 2. The first-order chi connectivity index (χ1) is 16.7. The molecule has 2 amide bonds. The van der Waals surface area contributed by atoms with Gasteiger partial charge in [-0.15, -0.1) is 0 Å². The summed E-state index contributed by atoms with van der Waals surface area (Å²) in [5.41, 5.74) is 4.50. The molecule has 7 nitrogen and oxygen atoms in total. The molecule has 4 saturated carbocycles. The van der Waals surface area contributed by atoms with Crippen molar-refractivity contribution in [2.75, 3.05) is 0 Å². The van der Waals surface area contributed by atoms with Gasteiger partial charge in [0, 0.05) is 36.2 Å². The van der Waals surface area contributed by atoms with E-state index in [2.05, 4.69) is 15.4 Å². The van der Waals surface area contributed by atoms with Gasteiger partial charge >= 0.3 is 0 Å². The highest BCUT2D eigenvalue weighted by atomic mass is 16.5. The summed E-state index contributed by atoms with van der Waals surface area (Å²) < 4.78 is 0. The molecule has 4 rings (SSSR count). The van der Waals surface area contributed by atoms with Crippen molar-refractivity contribution in [3.63, 3.8) is 0 Å². The summed E-state index contributed by atoms with van der Waals surface area (Å²) in [6, 6.07) is 2.35. The number of carbonyl (C=O) groups excluding carboxylic acids is 2. The Morgan fingerprint density at radius 2 is 1.12 bits per heavy atom. The highest BCUT2D eigenvalue weighted by molar-refractivity contribution is 5.81. The van der Waals surface area contributed by atoms with Crippen molar-refractivity contribution < 1.29 is 14.8 Å². The van der Waals surface area contributed by atoms with Gasteiger partial charge in [-0.2, -0.15) is 5.10 Å². The highest BCUT2D eigenvalue weighted by Gasteiger charge is 2.36. The van der Waals surface area contributed by atoms with Crippen LogP contribution in [0, 0.1) is 17.8 Å². The second-order valence-corrected chi connectivity index (χ2v) is 11.4. The Morgan fingerprint density at radius 1 is 0.647 bits per heavy atom. The minimum Gasteiger partial charge on any atom is -0.294 e. The van der Waals surface area contributed by atoms with Crippen molar-refractivity contribution in [3.8, 4) is 0 Å². The van der Waals surface area contributed by atoms with E-state index < -0.39 is 0 Å². The van der Waals surface area contributed by atoms with Gasteiger partial charge in [0.05, 0.1) is 0 Å². The third-order valence-electron chi connectivity index (χ3n) is 9.19. The molecular weight excluding hydrogens is 428 g/mol. The number of nitrogens with one attached hydrogen (secondary N) is 2. The van der Waals surface area contributed by atoms with Crippen LogP contribution in [0.25, 0.3) is 0 Å². The summed E-state index contributed by atoms with van der Waals surface area (Å²) in [7, 11) is 0. The van der Waals surface area contributed by atoms with Gasteiger partial charge in [-0.3, -0.25) is 19.7 Å². The van der Waals surface area contributed by atoms with E-state index in [-0.39, 0.29) is 23.7 Å². The average Bonchev–Trinajstić information content (AvgIpc) is 2.90. The summed E-state index contributed by atoms with van der Waals surface area (Å²) in [6.07, 6.45) is 23.5. The van der Waals surface area contributed by atoms with Crippen LogP contribution < -0.4 is 10.9 Å². The van der Waals surface area contributed by atoms with Crippen molar-refractivity contribution in [3.05, 3.63) is 0 Å². The van der Waals surface area contributed by atoms with E-state index in [1.54, 1.807) is 5.48 Å². The van der Waals surface area contributed by atoms with E-state index in [0.29, 0.717) is 31.6 Å². The lowest BCUT2D eigenvalue weighted by Crippen LogP contribution is -2.52. The Labute approximate surface area is 205 Å². The number of rotatable bonds is 7. The third-order valence-corrected chi connectivity index (χ3v) is 9.19. The first kappa shape index (κ1) is 25.6. The third kappa shape index (κ3) is 6.81. The van der Waals surface area contributed by atoms with Crippen molar-refractivity contribution >= 4 is 18.0 Å². The normalized spacial score (nSPS) is 32.1. The monoisotopic (exact) mass is 474 g/mol. The molecule has 3 N–H and O–H groups in total. The van der Waals surface area contributed by atoms with Crippen LogP contribution in [0.4, 0.5) is 0 Å². The quantitative estimate of drug-likeness (QED) is 0.277. The van der Waals surface area contributed by atoms with E-state index in [0.717, 1.165) is 18.1 Å². The molecular formula is C27H46N4O3. The maximum absolute atomic E-state index is 12.5. The number of carbonyl (C=O) groups is 2. The summed E-state index contributed by atoms with van der Waals surface area (Å²) in [4.78, 5) is 27.0. The van der Waals surface area contributed by atoms with E-state index in [9.17, 15) is 9.59 Å². The molecule has 0 heterocycles. The van der Waals surface area contributed by atoms with Crippen LogP contribution in [0.1, 0.15) is 116 Å². The molecule has 7 heteroatoms. The largest absolute Gasteiger partial charge is 0.294 e. The fourth-order valence-corrected chi connectivity index (χ4v) is 7.21. The molecule has 192 valence electrons. The molecule has 0 atom stereocenters. The Kier molecular flexibility index (Phi) is 9.80. The van der Waals surface area contributed by atoms with Crippen LogP contribution in [-0.2, 0) is 9.59 Å². The van der Waals surface area contributed by atoms with Crippen LogP contribution in [0.3, 0.4) is 0 Å². The second-order valence-electron chi connectivity index (χ2n) is 11.4. The zero-order chi connectivity index (χ0) is 23.8. The minimum absolute atomic E-state index is 0.0337. The van der Waals surface area contributed by atoms with E-state index in [1.807, 2.05) is 6.21 Å². The standard InChI is InChI=1S/C27H46N4O3/c32-26(21-13-15-22(16-14-21)27(33)30-34)29-28-19-20-11-17-25(18-12-20)31(23-7-3-1-4-8-23)24-9-5-2-6-10-24/h19-25,34H,1-18H2,(H,29,32)(H,30,33)/b28-19+. The van der Waals surface area contributed by atoms with Crippen LogP contribution in [0.5, 0.6) is 0 Å². The van der Waals surface area contributed by atoms with Gasteiger partial charge in [-0.05, 0) is 83.0 Å². The Bertz CT molecular complexity index is 653. The minimum atomic E-state index is -0.335. The smallest absolute Gasteiger partial charge is 0.246 e. The van der Waals surface area contributed by atoms with Crippen LogP contribution in [0.2, 0.25) is 0 Å². The molecule has 4 aliphatic rings. The van der Waals surface area contributed by atoms with E-state index in [4.69, 9.17) is 5.21 Å². The van der Waals surface area contributed by atoms with Crippen molar-refractivity contribution in [1.82, 2.24) is 15.8 Å². The Morgan fingerprint density at radius 3 is 1.62 bits per heavy atom. The average molecular weight is 475 g/mol. The lowest BCUT2D eigenvalue weighted by atomic mass is 9.81. The fraction of sp³-hybridized carbons (Fsp3) is 0.889. The number of hydroxylamine groups is 1. The SMILES string of the molecule is O=C(NO)C1CCC(C(=O)N/N=C/C2CCC(N(C3CCCCC3)C3CCCCC3)CC2)CC1. The first-order valence-electron chi connectivity index (χ1n) is 14.2. The molecule has 0 bridgehead atoms. The van der Waals surface area contributed by atoms with Gasteiger partial charge in [0.15, 0.2) is 0 Å². The lowest BCUT2D eigenvalue weighted by molar-refractivity contribution is -0.136. The molecule has 0 spiro atoms. The van der Waals surface area contributed by atoms with Gasteiger partial charge < -0.3 is 0 Å². The van der Waals surface area contributed by atoms with Crippen molar-refractivity contribution in [2.24, 2.45) is 22.9 Å². The summed E-state index contributed by atoms with van der Waals surface area (Å²) in [5.74, 6) is -0.184. The molecule has 0 aliphatic heterocycles. The Hall–Kier alpha value is -1.47. The zero-order valence-electron chi connectivity index (χ0n) is 20.9. The maximum atomic E-state index is 12.5. The van der Waals surface area contributed by atoms with Crippen LogP contribution in [-0.4, -0.2) is 46.3 Å². The molecule has 0 unspecified atom stereocenters. The molecule has 0 aromatic carbocycles. The van der Waals surface area contributed by atoms with Crippen LogP contribution in [0.15, 0.2) is 5.10 Å². The zero-order valence-corrected chi connectivity index (χ0v) is 20.9. The Balaban J connectivity index is 1.22. The molecule has 4 fully saturated rings. The number of hydrogen-bond donors (Lipinski definition) is 3. The fourth-order valence-electron chi connectivity index (χ4n) is 7.21. The number of hydrazone groups is 1. The summed E-state index contributed by atoms with van der Waals surface area (Å²) >= 11 is 0. The highest BCUT2D eigenvalue weighted by Crippen LogP contribution is 2.37. The van der Waals surface area contributed by atoms with Gasteiger partial charge in [0.1, 0.15) is 0 Å². The first-order valence-corrected chi connectivity index (χ1v) is 14.2. The van der Waals surface area contributed by atoms with Gasteiger partial charge in [0.25, 0.3) is 0 Å².